The van der Waals surface area contributed by atoms with Crippen LogP contribution >= 0.6 is 0 Å². The monoisotopic (exact) mass is 274 g/mol. The van der Waals surface area contributed by atoms with E-state index in [1.807, 2.05) is 50.6 Å². The zero-order valence-electron chi connectivity index (χ0n) is 12.1. The molecule has 1 unspecified atom stereocenters. The third kappa shape index (κ3) is 4.70. The molecule has 0 radical (unpaired) electrons. The van der Waals surface area contributed by atoms with Gasteiger partial charge in [0, 0.05) is 19.7 Å². The number of hydrogen-bond donors (Lipinski definition) is 1. The van der Waals surface area contributed by atoms with Gasteiger partial charge in [-0.25, -0.2) is 0 Å². The number of ether oxygens (including phenoxy) is 1. The first-order valence-corrected chi connectivity index (χ1v) is 6.98. The molecule has 1 aromatic heterocycles. The Morgan fingerprint density at radius 3 is 2.90 bits per heavy atom. The first kappa shape index (κ1) is 14.6. The summed E-state index contributed by atoms with van der Waals surface area (Å²) in [7, 11) is 1.90. The van der Waals surface area contributed by atoms with Gasteiger partial charge >= 0.3 is 0 Å². The highest BCUT2D eigenvalue weighted by Crippen LogP contribution is 2.13. The SMILES string of the molecule is Cc1cccc(OCCC(O)CCc2cnn(C)c2)c1. The molecule has 4 nitrogen and oxygen atoms in total. The second kappa shape index (κ2) is 7.10. The van der Waals surface area contributed by atoms with Crippen molar-refractivity contribution in [2.75, 3.05) is 6.61 Å². The first-order chi connectivity index (χ1) is 9.63. The molecule has 20 heavy (non-hydrogen) atoms. The summed E-state index contributed by atoms with van der Waals surface area (Å²) in [6.45, 7) is 2.58. The van der Waals surface area contributed by atoms with Crippen molar-refractivity contribution in [3.8, 4) is 5.75 Å². The molecule has 1 aromatic carbocycles. The zero-order chi connectivity index (χ0) is 14.4. The van der Waals surface area contributed by atoms with Crippen LogP contribution in [-0.4, -0.2) is 27.6 Å². The highest BCUT2D eigenvalue weighted by molar-refractivity contribution is 5.27. The summed E-state index contributed by atoms with van der Waals surface area (Å²) in [5, 5.41) is 14.1. The third-order valence-corrected chi connectivity index (χ3v) is 3.23. The van der Waals surface area contributed by atoms with E-state index in [0.717, 1.165) is 24.2 Å². The van der Waals surface area contributed by atoms with Crippen LogP contribution in [0.15, 0.2) is 36.7 Å². The lowest BCUT2D eigenvalue weighted by molar-refractivity contribution is 0.131. The van der Waals surface area contributed by atoms with E-state index in [0.29, 0.717) is 13.0 Å². The van der Waals surface area contributed by atoms with Crippen LogP contribution in [0.1, 0.15) is 24.0 Å². The number of aliphatic hydroxyl groups is 1. The molecule has 1 atom stereocenters. The highest BCUT2D eigenvalue weighted by atomic mass is 16.5. The predicted molar refractivity (Wildman–Crippen MR) is 78.8 cm³/mol. The number of hydrogen-bond acceptors (Lipinski definition) is 3. The van der Waals surface area contributed by atoms with Crippen LogP contribution in [0.5, 0.6) is 5.75 Å². The van der Waals surface area contributed by atoms with Crippen LogP contribution in [0.2, 0.25) is 0 Å². The Bertz CT molecular complexity index is 537. The van der Waals surface area contributed by atoms with Crippen LogP contribution in [0, 0.1) is 6.92 Å². The van der Waals surface area contributed by atoms with E-state index in [1.54, 1.807) is 4.68 Å². The van der Waals surface area contributed by atoms with Crippen LogP contribution < -0.4 is 4.74 Å². The maximum absolute atomic E-state index is 9.94. The van der Waals surface area contributed by atoms with Gasteiger partial charge in [0.15, 0.2) is 0 Å². The fraction of sp³-hybridized carbons (Fsp3) is 0.438. The molecule has 0 saturated heterocycles. The average molecular weight is 274 g/mol. The topological polar surface area (TPSA) is 47.3 Å². The van der Waals surface area contributed by atoms with Gasteiger partial charge in [-0.05, 0) is 43.0 Å². The van der Waals surface area contributed by atoms with Crippen molar-refractivity contribution in [2.24, 2.45) is 7.05 Å². The molecule has 1 heterocycles. The van der Waals surface area contributed by atoms with Gasteiger partial charge in [-0.1, -0.05) is 12.1 Å². The number of rotatable bonds is 7. The maximum Gasteiger partial charge on any atom is 0.119 e. The molecule has 0 aliphatic heterocycles. The van der Waals surface area contributed by atoms with E-state index >= 15 is 0 Å². The van der Waals surface area contributed by atoms with Crippen LogP contribution in [0.4, 0.5) is 0 Å². The van der Waals surface area contributed by atoms with Gasteiger partial charge in [0.05, 0.1) is 18.9 Å². The zero-order valence-corrected chi connectivity index (χ0v) is 12.1. The smallest absolute Gasteiger partial charge is 0.119 e. The standard InChI is InChI=1S/C16H22N2O2/c1-13-4-3-5-16(10-13)20-9-8-15(19)7-6-14-11-17-18(2)12-14/h3-5,10-12,15,19H,6-9H2,1-2H3. The summed E-state index contributed by atoms with van der Waals surface area (Å²) in [6.07, 6.45) is 5.72. The van der Waals surface area contributed by atoms with Gasteiger partial charge in [0.25, 0.3) is 0 Å². The van der Waals surface area contributed by atoms with Gasteiger partial charge in [0.2, 0.25) is 0 Å². The van der Waals surface area contributed by atoms with Crippen LogP contribution in [0.3, 0.4) is 0 Å². The Kier molecular flexibility index (Phi) is 5.18. The molecule has 0 amide bonds. The molecule has 2 rings (SSSR count). The second-order valence-electron chi connectivity index (χ2n) is 5.17. The van der Waals surface area contributed by atoms with Gasteiger partial charge < -0.3 is 9.84 Å². The van der Waals surface area contributed by atoms with Crippen molar-refractivity contribution >= 4 is 0 Å². The minimum Gasteiger partial charge on any atom is -0.493 e. The summed E-state index contributed by atoms with van der Waals surface area (Å²) in [5.74, 6) is 0.865. The number of aryl methyl sites for hydroxylation is 3. The van der Waals surface area contributed by atoms with Crippen molar-refractivity contribution < 1.29 is 9.84 Å². The van der Waals surface area contributed by atoms with E-state index in [4.69, 9.17) is 4.74 Å². The lowest BCUT2D eigenvalue weighted by atomic mass is 10.1. The predicted octanol–water partition coefficient (Wildman–Crippen LogP) is 2.49. The van der Waals surface area contributed by atoms with Gasteiger partial charge in [-0.3, -0.25) is 4.68 Å². The van der Waals surface area contributed by atoms with Crippen molar-refractivity contribution in [3.63, 3.8) is 0 Å². The molecular weight excluding hydrogens is 252 g/mol. The second-order valence-corrected chi connectivity index (χ2v) is 5.17. The van der Waals surface area contributed by atoms with Gasteiger partial charge in [-0.2, -0.15) is 5.10 Å². The Balaban J connectivity index is 1.66. The van der Waals surface area contributed by atoms with Crippen LogP contribution in [-0.2, 0) is 13.5 Å². The number of aromatic nitrogens is 2. The van der Waals surface area contributed by atoms with Crippen molar-refractivity contribution in [1.82, 2.24) is 9.78 Å². The molecule has 0 aliphatic carbocycles. The molecule has 0 spiro atoms. The largest absolute Gasteiger partial charge is 0.493 e. The number of benzene rings is 1. The first-order valence-electron chi connectivity index (χ1n) is 6.98. The molecule has 4 heteroatoms. The summed E-state index contributed by atoms with van der Waals surface area (Å²) < 4.78 is 7.42. The highest BCUT2D eigenvalue weighted by Gasteiger charge is 2.06. The fourth-order valence-corrected chi connectivity index (χ4v) is 2.10. The molecule has 2 aromatic rings. The lowest BCUT2D eigenvalue weighted by Gasteiger charge is -2.11. The van der Waals surface area contributed by atoms with Gasteiger partial charge in [0.1, 0.15) is 5.75 Å². The fourth-order valence-electron chi connectivity index (χ4n) is 2.10. The molecule has 0 saturated carbocycles. The summed E-state index contributed by atoms with van der Waals surface area (Å²) in [4.78, 5) is 0. The molecule has 0 aliphatic rings. The molecular formula is C16H22N2O2. The quantitative estimate of drug-likeness (QED) is 0.844. The molecule has 1 N–H and O–H groups in total. The maximum atomic E-state index is 9.94. The third-order valence-electron chi connectivity index (χ3n) is 3.23. The minimum absolute atomic E-state index is 0.333. The van der Waals surface area contributed by atoms with E-state index in [2.05, 4.69) is 5.10 Å². The lowest BCUT2D eigenvalue weighted by Crippen LogP contribution is -2.12. The summed E-state index contributed by atoms with van der Waals surface area (Å²) >= 11 is 0. The normalized spacial score (nSPS) is 12.3. The number of nitrogens with zero attached hydrogens (tertiary/aromatic N) is 2. The molecule has 0 fully saturated rings. The summed E-state index contributed by atoms with van der Waals surface area (Å²) in [5.41, 5.74) is 2.34. The van der Waals surface area contributed by atoms with E-state index < -0.39 is 0 Å². The molecule has 0 bridgehead atoms. The molecule has 108 valence electrons. The van der Waals surface area contributed by atoms with E-state index in [9.17, 15) is 5.11 Å². The van der Waals surface area contributed by atoms with Crippen molar-refractivity contribution in [3.05, 3.63) is 47.8 Å². The number of aliphatic hydroxyl groups excluding tert-OH is 1. The van der Waals surface area contributed by atoms with Gasteiger partial charge in [-0.15, -0.1) is 0 Å². The Hall–Kier alpha value is -1.81. The van der Waals surface area contributed by atoms with E-state index in [-0.39, 0.29) is 6.10 Å². The van der Waals surface area contributed by atoms with Crippen molar-refractivity contribution in [1.29, 1.82) is 0 Å². The Labute approximate surface area is 120 Å². The Morgan fingerprint density at radius 2 is 2.20 bits per heavy atom. The average Bonchev–Trinajstić information content (AvgIpc) is 2.82. The Morgan fingerprint density at radius 1 is 1.35 bits per heavy atom. The van der Waals surface area contributed by atoms with Crippen LogP contribution in [0.25, 0.3) is 0 Å². The minimum atomic E-state index is -0.333. The summed E-state index contributed by atoms with van der Waals surface area (Å²) in [6, 6.07) is 7.95. The van der Waals surface area contributed by atoms with Crippen molar-refractivity contribution in [2.45, 2.75) is 32.3 Å². The van der Waals surface area contributed by atoms with E-state index in [1.165, 1.54) is 5.56 Å².